The molecule has 12 heavy (non-hydrogen) atoms. The first kappa shape index (κ1) is 9.19. The Morgan fingerprint density at radius 3 is 2.25 bits per heavy atom. The molecule has 68 valence electrons. The van der Waals surface area contributed by atoms with Crippen LogP contribution in [0.1, 0.15) is 32.4 Å². The van der Waals surface area contributed by atoms with Gasteiger partial charge in [-0.3, -0.25) is 0 Å². The van der Waals surface area contributed by atoms with E-state index in [4.69, 9.17) is 5.11 Å². The predicted octanol–water partition coefficient (Wildman–Crippen LogP) is 0.834. The summed E-state index contributed by atoms with van der Waals surface area (Å²) in [6.07, 6.45) is 0. The molecule has 0 amide bonds. The highest BCUT2D eigenvalue weighted by Crippen LogP contribution is 2.17. The highest BCUT2D eigenvalue weighted by Gasteiger charge is 2.19. The van der Waals surface area contributed by atoms with E-state index in [0.29, 0.717) is 5.82 Å². The van der Waals surface area contributed by atoms with Crippen molar-refractivity contribution >= 4 is 0 Å². The van der Waals surface area contributed by atoms with Crippen molar-refractivity contribution in [2.45, 2.75) is 39.8 Å². The maximum atomic E-state index is 8.97. The fourth-order valence-corrected chi connectivity index (χ4v) is 1.38. The van der Waals surface area contributed by atoms with E-state index >= 15 is 0 Å². The van der Waals surface area contributed by atoms with E-state index in [2.05, 4.69) is 31.0 Å². The lowest BCUT2D eigenvalue weighted by Crippen LogP contribution is -2.25. The largest absolute Gasteiger partial charge is 0.388 e. The third-order valence-electron chi connectivity index (χ3n) is 1.70. The van der Waals surface area contributed by atoms with Crippen LogP contribution in [0.5, 0.6) is 0 Å². The Balaban J connectivity index is 3.19. The summed E-state index contributed by atoms with van der Waals surface area (Å²) < 4.78 is 1.94. The molecule has 0 bridgehead atoms. The van der Waals surface area contributed by atoms with Crippen molar-refractivity contribution in [1.29, 1.82) is 0 Å². The van der Waals surface area contributed by atoms with Gasteiger partial charge < -0.3 is 9.67 Å². The van der Waals surface area contributed by atoms with Gasteiger partial charge in [0.15, 0.2) is 5.82 Å². The van der Waals surface area contributed by atoms with Gasteiger partial charge in [-0.15, -0.1) is 10.2 Å². The normalized spacial score (nSPS) is 12.1. The van der Waals surface area contributed by atoms with Gasteiger partial charge in [-0.2, -0.15) is 0 Å². The Hall–Kier alpha value is -0.900. The molecule has 4 nitrogen and oxygen atoms in total. The maximum absolute atomic E-state index is 8.97. The summed E-state index contributed by atoms with van der Waals surface area (Å²) in [6, 6.07) is 0. The minimum Gasteiger partial charge on any atom is -0.388 e. The Kier molecular flexibility index (Phi) is 2.19. The molecule has 1 N–H and O–H groups in total. The number of hydrogen-bond acceptors (Lipinski definition) is 3. The number of hydrogen-bond donors (Lipinski definition) is 1. The summed E-state index contributed by atoms with van der Waals surface area (Å²) in [5, 5.41) is 16.7. The number of aliphatic hydroxyl groups excluding tert-OH is 1. The Morgan fingerprint density at radius 2 is 1.92 bits per heavy atom. The summed E-state index contributed by atoms with van der Waals surface area (Å²) >= 11 is 0. The molecule has 0 spiro atoms. The Bertz CT molecular complexity index is 272. The number of aromatic nitrogens is 3. The first-order valence-electron chi connectivity index (χ1n) is 3.99. The smallest absolute Gasteiger partial charge is 0.159 e. The Labute approximate surface area is 72.2 Å². The van der Waals surface area contributed by atoms with Crippen LogP contribution < -0.4 is 0 Å². The number of nitrogens with zero attached hydrogens (tertiary/aromatic N) is 3. The summed E-state index contributed by atoms with van der Waals surface area (Å²) in [4.78, 5) is 0. The van der Waals surface area contributed by atoms with Crippen LogP contribution in [0.4, 0.5) is 0 Å². The van der Waals surface area contributed by atoms with E-state index in [0.717, 1.165) is 5.82 Å². The first-order chi connectivity index (χ1) is 5.46. The van der Waals surface area contributed by atoms with Gasteiger partial charge in [-0.05, 0) is 27.7 Å². The summed E-state index contributed by atoms with van der Waals surface area (Å²) in [5.74, 6) is 1.46. The lowest BCUT2D eigenvalue weighted by Gasteiger charge is -2.23. The highest BCUT2D eigenvalue weighted by molar-refractivity contribution is 4.98. The second-order valence-electron chi connectivity index (χ2n) is 3.83. The van der Waals surface area contributed by atoms with Crippen molar-refractivity contribution in [1.82, 2.24) is 14.8 Å². The van der Waals surface area contributed by atoms with Crippen LogP contribution >= 0.6 is 0 Å². The minimum atomic E-state index is -0.0638. The maximum Gasteiger partial charge on any atom is 0.159 e. The molecular weight excluding hydrogens is 154 g/mol. The molecule has 0 saturated carbocycles. The lowest BCUT2D eigenvalue weighted by molar-refractivity contribution is 0.248. The van der Waals surface area contributed by atoms with Crippen LogP contribution in [0.25, 0.3) is 0 Å². The molecule has 1 heterocycles. The molecule has 1 aromatic rings. The molecule has 4 heteroatoms. The van der Waals surface area contributed by atoms with Gasteiger partial charge in [0.1, 0.15) is 12.4 Å². The minimum absolute atomic E-state index is 0.0574. The van der Waals surface area contributed by atoms with Crippen LogP contribution in [-0.2, 0) is 12.1 Å². The lowest BCUT2D eigenvalue weighted by atomic mass is 10.1. The molecule has 0 radical (unpaired) electrons. The fraction of sp³-hybridized carbons (Fsp3) is 0.750. The fourth-order valence-electron chi connectivity index (χ4n) is 1.38. The third kappa shape index (κ3) is 1.48. The zero-order valence-corrected chi connectivity index (χ0v) is 8.00. The van der Waals surface area contributed by atoms with Gasteiger partial charge >= 0.3 is 0 Å². The average molecular weight is 169 g/mol. The topological polar surface area (TPSA) is 50.9 Å². The van der Waals surface area contributed by atoms with Gasteiger partial charge in [-0.1, -0.05) is 0 Å². The van der Waals surface area contributed by atoms with Gasteiger partial charge in [-0.25, -0.2) is 0 Å². The first-order valence-corrected chi connectivity index (χ1v) is 3.99. The second kappa shape index (κ2) is 2.86. The molecule has 0 fully saturated rings. The zero-order valence-electron chi connectivity index (χ0n) is 8.00. The van der Waals surface area contributed by atoms with E-state index in [-0.39, 0.29) is 12.1 Å². The molecule has 0 aromatic carbocycles. The molecule has 0 aliphatic rings. The standard InChI is InChI=1S/C8H15N3O/c1-6-9-10-7(5-12)11(6)8(2,3)4/h12H,5H2,1-4H3. The SMILES string of the molecule is Cc1nnc(CO)n1C(C)(C)C. The number of rotatable bonds is 1. The molecule has 0 aliphatic carbocycles. The second-order valence-corrected chi connectivity index (χ2v) is 3.83. The van der Waals surface area contributed by atoms with E-state index in [9.17, 15) is 0 Å². The monoisotopic (exact) mass is 169 g/mol. The molecular formula is C8H15N3O. The molecule has 0 atom stereocenters. The van der Waals surface area contributed by atoms with E-state index < -0.39 is 0 Å². The highest BCUT2D eigenvalue weighted by atomic mass is 16.3. The van der Waals surface area contributed by atoms with Crippen molar-refractivity contribution in [3.05, 3.63) is 11.6 Å². The molecule has 1 rings (SSSR count). The quantitative estimate of drug-likeness (QED) is 0.677. The predicted molar refractivity (Wildman–Crippen MR) is 45.7 cm³/mol. The molecule has 0 aliphatic heterocycles. The Morgan fingerprint density at radius 1 is 1.33 bits per heavy atom. The van der Waals surface area contributed by atoms with Crippen molar-refractivity contribution in [2.75, 3.05) is 0 Å². The van der Waals surface area contributed by atoms with Crippen LogP contribution in [0.15, 0.2) is 0 Å². The zero-order chi connectivity index (χ0) is 9.35. The van der Waals surface area contributed by atoms with E-state index in [1.807, 2.05) is 11.5 Å². The molecule has 0 saturated heterocycles. The number of aryl methyl sites for hydroxylation is 1. The van der Waals surface area contributed by atoms with Crippen molar-refractivity contribution < 1.29 is 5.11 Å². The third-order valence-corrected chi connectivity index (χ3v) is 1.70. The van der Waals surface area contributed by atoms with Crippen molar-refractivity contribution in [3.8, 4) is 0 Å². The van der Waals surface area contributed by atoms with E-state index in [1.54, 1.807) is 0 Å². The van der Waals surface area contributed by atoms with Gasteiger partial charge in [0.05, 0.1) is 0 Å². The molecule has 0 unspecified atom stereocenters. The van der Waals surface area contributed by atoms with Crippen LogP contribution in [0.3, 0.4) is 0 Å². The van der Waals surface area contributed by atoms with E-state index in [1.165, 1.54) is 0 Å². The average Bonchev–Trinajstić information content (AvgIpc) is 2.29. The van der Waals surface area contributed by atoms with Crippen LogP contribution in [0.2, 0.25) is 0 Å². The van der Waals surface area contributed by atoms with Crippen LogP contribution in [-0.4, -0.2) is 19.9 Å². The van der Waals surface area contributed by atoms with Gasteiger partial charge in [0.25, 0.3) is 0 Å². The number of aliphatic hydroxyl groups is 1. The van der Waals surface area contributed by atoms with Crippen molar-refractivity contribution in [3.63, 3.8) is 0 Å². The molecule has 1 aromatic heterocycles. The summed E-state index contributed by atoms with van der Waals surface area (Å²) in [7, 11) is 0. The van der Waals surface area contributed by atoms with Crippen LogP contribution in [0, 0.1) is 6.92 Å². The van der Waals surface area contributed by atoms with Gasteiger partial charge in [0.2, 0.25) is 0 Å². The summed E-state index contributed by atoms with van der Waals surface area (Å²) in [5.41, 5.74) is -0.0638. The van der Waals surface area contributed by atoms with Crippen molar-refractivity contribution in [2.24, 2.45) is 0 Å². The summed E-state index contributed by atoms with van der Waals surface area (Å²) in [6.45, 7) is 8.00. The van der Waals surface area contributed by atoms with Gasteiger partial charge in [0, 0.05) is 5.54 Å².